The fraction of sp³-hybridized carbons (Fsp3) is 0.143. The molecule has 0 aliphatic carbocycles. The lowest BCUT2D eigenvalue weighted by molar-refractivity contribution is 0.102. The van der Waals surface area contributed by atoms with Gasteiger partial charge in [-0.25, -0.2) is 4.39 Å². The van der Waals surface area contributed by atoms with E-state index in [1.165, 1.54) is 40.3 Å². The average molecular weight is 318 g/mol. The van der Waals surface area contributed by atoms with E-state index in [1.807, 2.05) is 0 Å². The highest BCUT2D eigenvalue weighted by atomic mass is 32.1. The van der Waals surface area contributed by atoms with E-state index in [4.69, 9.17) is 0 Å². The fourth-order valence-corrected chi connectivity index (χ4v) is 2.78. The van der Waals surface area contributed by atoms with Crippen molar-refractivity contribution in [3.63, 3.8) is 0 Å². The Bertz CT molecular complexity index is 948. The van der Waals surface area contributed by atoms with Gasteiger partial charge in [0.1, 0.15) is 16.4 Å². The van der Waals surface area contributed by atoms with Crippen LogP contribution < -0.4 is 10.7 Å². The Morgan fingerprint density at radius 1 is 1.36 bits per heavy atom. The molecule has 0 aliphatic rings. The quantitative estimate of drug-likeness (QED) is 0.785. The van der Waals surface area contributed by atoms with Gasteiger partial charge in [0.25, 0.3) is 5.91 Å². The summed E-state index contributed by atoms with van der Waals surface area (Å²) >= 11 is 1.20. The highest BCUT2D eigenvalue weighted by Gasteiger charge is 2.17. The van der Waals surface area contributed by atoms with Crippen LogP contribution in [-0.2, 0) is 7.05 Å². The van der Waals surface area contributed by atoms with Crippen LogP contribution in [0, 0.1) is 12.7 Å². The average Bonchev–Trinajstić information content (AvgIpc) is 2.87. The van der Waals surface area contributed by atoms with Crippen LogP contribution in [0.5, 0.6) is 0 Å². The number of aryl methyl sites for hydroxylation is 2. The van der Waals surface area contributed by atoms with Crippen molar-refractivity contribution in [3.05, 3.63) is 51.0 Å². The molecule has 0 unspecified atom stereocenters. The summed E-state index contributed by atoms with van der Waals surface area (Å²) in [6.07, 6.45) is 1.32. The van der Waals surface area contributed by atoms with Gasteiger partial charge in [-0.2, -0.15) is 0 Å². The molecule has 0 saturated heterocycles. The zero-order chi connectivity index (χ0) is 15.9. The molecule has 0 spiro atoms. The predicted molar refractivity (Wildman–Crippen MR) is 81.7 cm³/mol. The van der Waals surface area contributed by atoms with Crippen molar-refractivity contribution in [1.29, 1.82) is 0 Å². The molecule has 0 saturated carbocycles. The summed E-state index contributed by atoms with van der Waals surface area (Å²) in [4.78, 5) is 24.6. The van der Waals surface area contributed by atoms with Crippen molar-refractivity contribution in [2.24, 2.45) is 7.05 Å². The zero-order valence-corrected chi connectivity index (χ0v) is 12.6. The van der Waals surface area contributed by atoms with E-state index in [0.29, 0.717) is 10.1 Å². The van der Waals surface area contributed by atoms with Crippen molar-refractivity contribution in [3.8, 4) is 0 Å². The third kappa shape index (κ3) is 2.37. The molecule has 0 atom stereocenters. The molecule has 22 heavy (non-hydrogen) atoms. The second-order valence-electron chi connectivity index (χ2n) is 4.70. The Kier molecular flexibility index (Phi) is 3.45. The van der Waals surface area contributed by atoms with Crippen molar-refractivity contribution >= 4 is 33.3 Å². The van der Waals surface area contributed by atoms with E-state index in [-0.39, 0.29) is 16.5 Å². The molecule has 6 nitrogen and oxygen atoms in total. The Hall–Kier alpha value is -2.61. The Labute approximate surface area is 128 Å². The number of nitrogens with zero attached hydrogens (tertiary/aromatic N) is 3. The molecule has 0 aliphatic heterocycles. The summed E-state index contributed by atoms with van der Waals surface area (Å²) in [5.74, 6) is -1.10. The van der Waals surface area contributed by atoms with Crippen LogP contribution in [-0.4, -0.2) is 20.7 Å². The molecule has 1 aromatic carbocycles. The van der Waals surface area contributed by atoms with Gasteiger partial charge in [-0.05, 0) is 19.1 Å². The summed E-state index contributed by atoms with van der Waals surface area (Å²) in [6, 6.07) is 4.20. The molecule has 3 aromatic rings. The molecule has 2 aromatic heterocycles. The van der Waals surface area contributed by atoms with E-state index in [2.05, 4.69) is 15.5 Å². The van der Waals surface area contributed by atoms with Gasteiger partial charge in [-0.1, -0.05) is 17.4 Å². The summed E-state index contributed by atoms with van der Waals surface area (Å²) in [6.45, 7) is 1.76. The molecule has 0 fully saturated rings. The van der Waals surface area contributed by atoms with E-state index in [1.54, 1.807) is 14.0 Å². The van der Waals surface area contributed by atoms with Gasteiger partial charge in [-0.3, -0.25) is 14.9 Å². The first-order chi connectivity index (χ1) is 10.5. The third-order valence-electron chi connectivity index (χ3n) is 3.14. The maximum Gasteiger partial charge on any atom is 0.262 e. The maximum atomic E-state index is 13.8. The van der Waals surface area contributed by atoms with E-state index in [9.17, 15) is 14.0 Å². The van der Waals surface area contributed by atoms with Gasteiger partial charge < -0.3 is 4.57 Å². The van der Waals surface area contributed by atoms with Crippen molar-refractivity contribution in [1.82, 2.24) is 14.8 Å². The topological polar surface area (TPSA) is 76.9 Å². The van der Waals surface area contributed by atoms with Crippen LogP contribution in [0.2, 0.25) is 0 Å². The summed E-state index contributed by atoms with van der Waals surface area (Å²) in [5.41, 5.74) is -0.435. The first kappa shape index (κ1) is 14.3. The Morgan fingerprint density at radius 3 is 2.82 bits per heavy atom. The number of amides is 1. The number of benzene rings is 1. The molecule has 112 valence electrons. The van der Waals surface area contributed by atoms with Crippen LogP contribution in [0.4, 0.5) is 9.52 Å². The minimum Gasteiger partial charge on any atom is -0.347 e. The number of rotatable bonds is 2. The lowest BCUT2D eigenvalue weighted by atomic mass is 10.1. The minimum atomic E-state index is -0.595. The lowest BCUT2D eigenvalue weighted by Crippen LogP contribution is -2.23. The summed E-state index contributed by atoms with van der Waals surface area (Å²) < 4.78 is 15.3. The molecular weight excluding hydrogens is 307 g/mol. The minimum absolute atomic E-state index is 0.0755. The number of aromatic nitrogens is 3. The second-order valence-corrected chi connectivity index (χ2v) is 5.88. The standard InChI is InChI=1S/C14H11FN4O2S/c1-7-17-18-14(22-7)16-13(21)9-6-19(2)11-8(12(9)20)4-3-5-10(11)15/h3-6H,1-2H3,(H,16,18,21). The summed E-state index contributed by atoms with van der Waals surface area (Å²) in [7, 11) is 1.58. The van der Waals surface area contributed by atoms with Crippen LogP contribution in [0.1, 0.15) is 15.4 Å². The Balaban J connectivity index is 2.10. The normalized spacial score (nSPS) is 10.9. The molecule has 1 amide bonds. The number of halogens is 1. The van der Waals surface area contributed by atoms with Crippen molar-refractivity contribution in [2.75, 3.05) is 5.32 Å². The molecule has 8 heteroatoms. The number of anilines is 1. The highest BCUT2D eigenvalue weighted by Crippen LogP contribution is 2.17. The molecule has 3 rings (SSSR count). The number of hydrogen-bond donors (Lipinski definition) is 1. The molecular formula is C14H11FN4O2S. The van der Waals surface area contributed by atoms with Gasteiger partial charge in [0.2, 0.25) is 10.6 Å². The fourth-order valence-electron chi connectivity index (χ4n) is 2.19. The van der Waals surface area contributed by atoms with Crippen molar-refractivity contribution in [2.45, 2.75) is 6.92 Å². The number of nitrogens with one attached hydrogen (secondary N) is 1. The number of pyridine rings is 1. The van der Waals surface area contributed by atoms with E-state index < -0.39 is 17.2 Å². The Morgan fingerprint density at radius 2 is 2.14 bits per heavy atom. The van der Waals surface area contributed by atoms with Crippen LogP contribution in [0.15, 0.2) is 29.2 Å². The van der Waals surface area contributed by atoms with Crippen molar-refractivity contribution < 1.29 is 9.18 Å². The second kappa shape index (κ2) is 5.30. The molecule has 1 N–H and O–H groups in total. The number of carbonyl (C=O) groups is 1. The number of fused-ring (bicyclic) bond motifs is 1. The monoisotopic (exact) mass is 318 g/mol. The number of carbonyl (C=O) groups excluding carboxylic acids is 1. The first-order valence-electron chi connectivity index (χ1n) is 6.36. The summed E-state index contributed by atoms with van der Waals surface area (Å²) in [5, 5.41) is 11.3. The third-order valence-corrected chi connectivity index (χ3v) is 3.90. The van der Waals surface area contributed by atoms with Gasteiger partial charge in [0.15, 0.2) is 0 Å². The number of hydrogen-bond acceptors (Lipinski definition) is 5. The van der Waals surface area contributed by atoms with Crippen LogP contribution >= 0.6 is 11.3 Å². The maximum absolute atomic E-state index is 13.8. The van der Waals surface area contributed by atoms with E-state index >= 15 is 0 Å². The van der Waals surface area contributed by atoms with Gasteiger partial charge >= 0.3 is 0 Å². The number of para-hydroxylation sites is 1. The predicted octanol–water partition coefficient (Wildman–Crippen LogP) is 2.09. The molecule has 0 radical (unpaired) electrons. The first-order valence-corrected chi connectivity index (χ1v) is 7.18. The van der Waals surface area contributed by atoms with Gasteiger partial charge in [0.05, 0.1) is 5.52 Å². The zero-order valence-electron chi connectivity index (χ0n) is 11.8. The van der Waals surface area contributed by atoms with Crippen LogP contribution in [0.3, 0.4) is 0 Å². The van der Waals surface area contributed by atoms with Gasteiger partial charge in [-0.15, -0.1) is 10.2 Å². The van der Waals surface area contributed by atoms with Crippen LogP contribution in [0.25, 0.3) is 10.9 Å². The SMILES string of the molecule is Cc1nnc(NC(=O)c2cn(C)c3c(F)cccc3c2=O)s1. The van der Waals surface area contributed by atoms with E-state index in [0.717, 1.165) is 0 Å². The highest BCUT2D eigenvalue weighted by molar-refractivity contribution is 7.15. The lowest BCUT2D eigenvalue weighted by Gasteiger charge is -2.09. The molecule has 2 heterocycles. The smallest absolute Gasteiger partial charge is 0.262 e. The largest absolute Gasteiger partial charge is 0.347 e. The van der Waals surface area contributed by atoms with Gasteiger partial charge in [0, 0.05) is 18.6 Å². The molecule has 0 bridgehead atoms.